The van der Waals surface area contributed by atoms with Gasteiger partial charge in [0.25, 0.3) is 0 Å². The summed E-state index contributed by atoms with van der Waals surface area (Å²) in [5, 5.41) is 2.95. The van der Waals surface area contributed by atoms with E-state index in [0.29, 0.717) is 13.0 Å². The molecule has 0 saturated heterocycles. The van der Waals surface area contributed by atoms with Gasteiger partial charge in [0.1, 0.15) is 11.5 Å². The van der Waals surface area contributed by atoms with E-state index in [-0.39, 0.29) is 5.91 Å². The molecule has 0 radical (unpaired) electrons. The summed E-state index contributed by atoms with van der Waals surface area (Å²) in [6.45, 7) is 1.31. The van der Waals surface area contributed by atoms with Gasteiger partial charge in [-0.25, -0.2) is 0 Å². The Morgan fingerprint density at radius 3 is 2.74 bits per heavy atom. The quantitative estimate of drug-likeness (QED) is 0.923. The molecule has 1 aliphatic rings. The topological polar surface area (TPSA) is 47.6 Å². The average Bonchev–Trinajstić information content (AvgIpc) is 2.60. The van der Waals surface area contributed by atoms with Crippen LogP contribution >= 0.6 is 0 Å². The minimum Gasteiger partial charge on any atom is -0.497 e. The Morgan fingerprint density at radius 1 is 1.17 bits per heavy atom. The molecule has 0 bridgehead atoms. The van der Waals surface area contributed by atoms with Crippen LogP contribution in [0.1, 0.15) is 23.1 Å². The van der Waals surface area contributed by atoms with Crippen LogP contribution in [0.2, 0.25) is 0 Å². The lowest BCUT2D eigenvalue weighted by Crippen LogP contribution is -2.24. The number of rotatable bonds is 5. The molecule has 2 aromatic rings. The number of benzene rings is 2. The van der Waals surface area contributed by atoms with Crippen LogP contribution in [-0.2, 0) is 24.2 Å². The molecule has 23 heavy (non-hydrogen) atoms. The first kappa shape index (κ1) is 15.4. The maximum Gasteiger partial charge on any atom is 0.224 e. The number of amides is 1. The van der Waals surface area contributed by atoms with Gasteiger partial charge in [0.05, 0.1) is 20.1 Å². The Morgan fingerprint density at radius 2 is 1.96 bits per heavy atom. The summed E-state index contributed by atoms with van der Waals surface area (Å²) in [6, 6.07) is 13.7. The molecule has 2 aromatic carbocycles. The van der Waals surface area contributed by atoms with Gasteiger partial charge in [0.2, 0.25) is 5.91 Å². The van der Waals surface area contributed by atoms with Gasteiger partial charge < -0.3 is 14.8 Å². The van der Waals surface area contributed by atoms with Gasteiger partial charge in [-0.05, 0) is 47.7 Å². The number of aryl methyl sites for hydroxylation is 1. The molecule has 0 atom stereocenters. The number of carbonyl (C=O) groups excluding carboxylic acids is 1. The van der Waals surface area contributed by atoms with E-state index in [4.69, 9.17) is 9.47 Å². The Balaban J connectivity index is 1.54. The Labute approximate surface area is 136 Å². The maximum atomic E-state index is 12.1. The van der Waals surface area contributed by atoms with Gasteiger partial charge in [-0.2, -0.15) is 0 Å². The number of methoxy groups -OCH3 is 1. The Hall–Kier alpha value is -2.49. The summed E-state index contributed by atoms with van der Waals surface area (Å²) < 4.78 is 10.7. The van der Waals surface area contributed by atoms with Crippen molar-refractivity contribution in [3.8, 4) is 11.5 Å². The largest absolute Gasteiger partial charge is 0.497 e. The molecule has 0 unspecified atom stereocenters. The molecule has 0 aromatic heterocycles. The standard InChI is InChI=1S/C19H21NO3/c1-22-17-7-4-14(5-8-17)13-20-19(21)12-15-6-9-18-16(11-15)3-2-10-23-18/h4-9,11H,2-3,10,12-13H2,1H3,(H,20,21). The summed E-state index contributed by atoms with van der Waals surface area (Å²) in [4.78, 5) is 12.1. The molecule has 4 heteroatoms. The van der Waals surface area contributed by atoms with Crippen LogP contribution in [0.15, 0.2) is 42.5 Å². The predicted octanol–water partition coefficient (Wildman–Crippen LogP) is 2.88. The summed E-state index contributed by atoms with van der Waals surface area (Å²) in [7, 11) is 1.64. The van der Waals surface area contributed by atoms with Gasteiger partial charge in [0, 0.05) is 6.54 Å². The predicted molar refractivity (Wildman–Crippen MR) is 88.8 cm³/mol. The number of hydrogen-bond donors (Lipinski definition) is 1. The second-order valence-corrected chi connectivity index (χ2v) is 5.70. The fraction of sp³-hybridized carbons (Fsp3) is 0.316. The molecule has 3 rings (SSSR count). The molecule has 1 heterocycles. The third-order valence-corrected chi connectivity index (χ3v) is 3.99. The van der Waals surface area contributed by atoms with Gasteiger partial charge in [-0.15, -0.1) is 0 Å². The Bertz CT molecular complexity index is 680. The molecule has 0 saturated carbocycles. The number of nitrogens with one attached hydrogen (secondary N) is 1. The Kier molecular flexibility index (Phi) is 4.81. The van der Waals surface area contributed by atoms with Gasteiger partial charge >= 0.3 is 0 Å². The number of fused-ring (bicyclic) bond motifs is 1. The molecular weight excluding hydrogens is 290 g/mol. The molecule has 0 aliphatic carbocycles. The first-order chi connectivity index (χ1) is 11.2. The van der Waals surface area contributed by atoms with Crippen LogP contribution in [0, 0.1) is 0 Å². The summed E-state index contributed by atoms with van der Waals surface area (Å²) in [6.07, 6.45) is 2.46. The summed E-state index contributed by atoms with van der Waals surface area (Å²) in [5.74, 6) is 1.80. The zero-order valence-corrected chi connectivity index (χ0v) is 13.3. The molecule has 0 spiro atoms. The first-order valence-corrected chi connectivity index (χ1v) is 7.89. The van der Waals surface area contributed by atoms with E-state index in [2.05, 4.69) is 11.4 Å². The van der Waals surface area contributed by atoms with Crippen molar-refractivity contribution in [2.24, 2.45) is 0 Å². The van der Waals surface area contributed by atoms with Crippen molar-refractivity contribution < 1.29 is 14.3 Å². The van der Waals surface area contributed by atoms with E-state index in [1.54, 1.807) is 7.11 Å². The van der Waals surface area contributed by atoms with E-state index in [1.807, 2.05) is 36.4 Å². The molecular formula is C19H21NO3. The highest BCUT2D eigenvalue weighted by atomic mass is 16.5. The van der Waals surface area contributed by atoms with Crippen molar-refractivity contribution in [3.05, 3.63) is 59.2 Å². The molecule has 4 nitrogen and oxygen atoms in total. The van der Waals surface area contributed by atoms with Crippen molar-refractivity contribution >= 4 is 5.91 Å². The van der Waals surface area contributed by atoms with Crippen LogP contribution < -0.4 is 14.8 Å². The fourth-order valence-electron chi connectivity index (χ4n) is 2.72. The zero-order chi connectivity index (χ0) is 16.1. The van der Waals surface area contributed by atoms with Gasteiger partial charge in [-0.1, -0.05) is 24.3 Å². The SMILES string of the molecule is COc1ccc(CNC(=O)Cc2ccc3c(c2)CCCO3)cc1. The lowest BCUT2D eigenvalue weighted by molar-refractivity contribution is -0.120. The molecule has 0 fully saturated rings. The van der Waals surface area contributed by atoms with Crippen LogP contribution in [0.25, 0.3) is 0 Å². The highest BCUT2D eigenvalue weighted by molar-refractivity contribution is 5.78. The van der Waals surface area contributed by atoms with Crippen LogP contribution in [0.3, 0.4) is 0 Å². The highest BCUT2D eigenvalue weighted by Crippen LogP contribution is 2.25. The van der Waals surface area contributed by atoms with E-state index >= 15 is 0 Å². The van der Waals surface area contributed by atoms with Crippen molar-refractivity contribution in [3.63, 3.8) is 0 Å². The third-order valence-electron chi connectivity index (χ3n) is 3.99. The summed E-state index contributed by atoms with van der Waals surface area (Å²) >= 11 is 0. The number of carbonyl (C=O) groups is 1. The third kappa shape index (κ3) is 4.03. The molecule has 1 N–H and O–H groups in total. The summed E-state index contributed by atoms with van der Waals surface area (Å²) in [5.41, 5.74) is 3.29. The lowest BCUT2D eigenvalue weighted by atomic mass is 10.0. The van der Waals surface area contributed by atoms with E-state index in [1.165, 1.54) is 5.56 Å². The van der Waals surface area contributed by atoms with Crippen LogP contribution in [0.4, 0.5) is 0 Å². The molecule has 120 valence electrons. The normalized spacial score (nSPS) is 12.9. The molecule has 1 aliphatic heterocycles. The number of hydrogen-bond acceptors (Lipinski definition) is 3. The second kappa shape index (κ2) is 7.18. The van der Waals surface area contributed by atoms with Gasteiger partial charge in [0.15, 0.2) is 0 Å². The van der Waals surface area contributed by atoms with Crippen LogP contribution in [-0.4, -0.2) is 19.6 Å². The van der Waals surface area contributed by atoms with Crippen LogP contribution in [0.5, 0.6) is 11.5 Å². The van der Waals surface area contributed by atoms with E-state index in [0.717, 1.165) is 42.1 Å². The van der Waals surface area contributed by atoms with E-state index in [9.17, 15) is 4.79 Å². The average molecular weight is 311 g/mol. The first-order valence-electron chi connectivity index (χ1n) is 7.89. The lowest BCUT2D eigenvalue weighted by Gasteiger charge is -2.17. The van der Waals surface area contributed by atoms with Crippen molar-refractivity contribution in [1.82, 2.24) is 5.32 Å². The maximum absolute atomic E-state index is 12.1. The number of ether oxygens (including phenoxy) is 2. The van der Waals surface area contributed by atoms with E-state index < -0.39 is 0 Å². The monoisotopic (exact) mass is 311 g/mol. The highest BCUT2D eigenvalue weighted by Gasteiger charge is 2.12. The van der Waals surface area contributed by atoms with Gasteiger partial charge in [-0.3, -0.25) is 4.79 Å². The smallest absolute Gasteiger partial charge is 0.224 e. The second-order valence-electron chi connectivity index (χ2n) is 5.70. The van der Waals surface area contributed by atoms with Crippen molar-refractivity contribution in [2.75, 3.05) is 13.7 Å². The zero-order valence-electron chi connectivity index (χ0n) is 13.3. The minimum absolute atomic E-state index is 0.0255. The minimum atomic E-state index is 0.0255. The fourth-order valence-corrected chi connectivity index (χ4v) is 2.72. The molecule has 1 amide bonds. The van der Waals surface area contributed by atoms with Crippen molar-refractivity contribution in [2.45, 2.75) is 25.8 Å². The van der Waals surface area contributed by atoms with Crippen molar-refractivity contribution in [1.29, 1.82) is 0 Å².